The topological polar surface area (TPSA) is 22.8 Å². The van der Waals surface area contributed by atoms with Gasteiger partial charge in [-0.05, 0) is 43.5 Å². The maximum absolute atomic E-state index is 13.3. The van der Waals surface area contributed by atoms with Crippen LogP contribution in [0.25, 0.3) is 10.9 Å². The van der Waals surface area contributed by atoms with Gasteiger partial charge in [0, 0.05) is 18.4 Å². The summed E-state index contributed by atoms with van der Waals surface area (Å²) in [5.41, 5.74) is 2.04. The van der Waals surface area contributed by atoms with Crippen molar-refractivity contribution in [3.63, 3.8) is 0 Å². The molecule has 3 rings (SSSR count). The molecule has 0 spiro atoms. The van der Waals surface area contributed by atoms with Crippen molar-refractivity contribution in [2.75, 3.05) is 0 Å². The van der Waals surface area contributed by atoms with Crippen molar-refractivity contribution in [1.29, 1.82) is 0 Å². The van der Waals surface area contributed by atoms with Crippen LogP contribution in [0.15, 0.2) is 43.0 Å². The van der Waals surface area contributed by atoms with E-state index in [0.29, 0.717) is 12.6 Å². The zero-order chi connectivity index (χ0) is 13.4. The Kier molecular flexibility index (Phi) is 2.85. The highest BCUT2D eigenvalue weighted by atomic mass is 19.1. The molecule has 0 N–H and O–H groups in total. The highest BCUT2D eigenvalue weighted by Gasteiger charge is 2.08. The molecule has 1 aromatic carbocycles. The molecule has 3 aromatic rings. The van der Waals surface area contributed by atoms with E-state index >= 15 is 0 Å². The molecule has 0 unspecified atom stereocenters. The second-order valence-corrected chi connectivity index (χ2v) is 5.03. The van der Waals surface area contributed by atoms with Crippen LogP contribution in [0.3, 0.4) is 0 Å². The van der Waals surface area contributed by atoms with Crippen LogP contribution in [0.1, 0.15) is 25.6 Å². The van der Waals surface area contributed by atoms with E-state index in [2.05, 4.69) is 23.4 Å². The molecular weight excluding hydrogens is 241 g/mol. The molecule has 4 heteroatoms. The average Bonchev–Trinajstić information content (AvgIpc) is 2.97. The van der Waals surface area contributed by atoms with Crippen LogP contribution in [0.2, 0.25) is 0 Å². The number of hydrogen-bond acceptors (Lipinski definition) is 1. The van der Waals surface area contributed by atoms with Gasteiger partial charge in [-0.2, -0.15) is 0 Å². The third kappa shape index (κ3) is 2.14. The third-order valence-electron chi connectivity index (χ3n) is 3.37. The molecule has 2 aromatic heterocycles. The highest BCUT2D eigenvalue weighted by molar-refractivity contribution is 5.80. The summed E-state index contributed by atoms with van der Waals surface area (Å²) in [4.78, 5) is 4.20. The largest absolute Gasteiger partial charge is 0.341 e. The van der Waals surface area contributed by atoms with Crippen LogP contribution >= 0.6 is 0 Å². The van der Waals surface area contributed by atoms with Crippen LogP contribution in [0, 0.1) is 5.82 Å². The number of imidazole rings is 1. The molecule has 2 heterocycles. The second-order valence-electron chi connectivity index (χ2n) is 5.03. The summed E-state index contributed by atoms with van der Waals surface area (Å²) in [6.07, 6.45) is 5.69. The van der Waals surface area contributed by atoms with Crippen LogP contribution < -0.4 is 0 Å². The number of fused-ring (bicyclic) bond motifs is 1. The molecule has 0 amide bonds. The van der Waals surface area contributed by atoms with Gasteiger partial charge in [-0.1, -0.05) is 0 Å². The van der Waals surface area contributed by atoms with Gasteiger partial charge in [-0.25, -0.2) is 9.37 Å². The Labute approximate surface area is 111 Å². The van der Waals surface area contributed by atoms with Crippen LogP contribution in [0.5, 0.6) is 0 Å². The molecule has 19 heavy (non-hydrogen) atoms. The molecule has 3 nitrogen and oxygen atoms in total. The van der Waals surface area contributed by atoms with Gasteiger partial charge in [0.25, 0.3) is 0 Å². The molecule has 0 atom stereocenters. The molecule has 0 aliphatic rings. The first kappa shape index (κ1) is 12.0. The summed E-state index contributed by atoms with van der Waals surface area (Å²) in [6.45, 7) is 4.95. The van der Waals surface area contributed by atoms with Crippen LogP contribution in [0.4, 0.5) is 4.39 Å². The van der Waals surface area contributed by atoms with E-state index in [4.69, 9.17) is 0 Å². The fourth-order valence-electron chi connectivity index (χ4n) is 2.39. The van der Waals surface area contributed by atoms with Crippen LogP contribution in [-0.2, 0) is 6.54 Å². The standard InChI is InChI=1S/C15H16FN3/c1-11(2)19-10-17-8-14(19)9-18-6-5-12-3-4-13(16)7-15(12)18/h3-8,10-11H,9H2,1-2H3. The van der Waals surface area contributed by atoms with Crippen molar-refractivity contribution in [1.82, 2.24) is 14.1 Å². The molecule has 0 radical (unpaired) electrons. The van der Waals surface area contributed by atoms with E-state index in [-0.39, 0.29) is 5.82 Å². The third-order valence-corrected chi connectivity index (χ3v) is 3.37. The summed E-state index contributed by atoms with van der Waals surface area (Å²) in [7, 11) is 0. The van der Waals surface area contributed by atoms with E-state index in [9.17, 15) is 4.39 Å². The molecule has 0 saturated carbocycles. The number of halogens is 1. The lowest BCUT2D eigenvalue weighted by molar-refractivity contribution is 0.563. The number of benzene rings is 1. The molecule has 0 aliphatic carbocycles. The van der Waals surface area contributed by atoms with Gasteiger partial charge in [0.15, 0.2) is 0 Å². The lowest BCUT2D eigenvalue weighted by atomic mass is 10.2. The zero-order valence-electron chi connectivity index (χ0n) is 11.0. The first-order valence-corrected chi connectivity index (χ1v) is 6.40. The van der Waals surface area contributed by atoms with Crippen LogP contribution in [-0.4, -0.2) is 14.1 Å². The minimum Gasteiger partial charge on any atom is -0.341 e. The van der Waals surface area contributed by atoms with Gasteiger partial charge in [-0.3, -0.25) is 0 Å². The number of aromatic nitrogens is 3. The minimum absolute atomic E-state index is 0.204. The Bertz CT molecular complexity index is 709. The Morgan fingerprint density at radius 1 is 1.26 bits per heavy atom. The highest BCUT2D eigenvalue weighted by Crippen LogP contribution is 2.19. The molecule has 98 valence electrons. The molecule has 0 aliphatic heterocycles. The van der Waals surface area contributed by atoms with E-state index in [0.717, 1.165) is 16.6 Å². The summed E-state index contributed by atoms with van der Waals surface area (Å²) < 4.78 is 17.5. The van der Waals surface area contributed by atoms with Gasteiger partial charge < -0.3 is 9.13 Å². The number of rotatable bonds is 3. The Hall–Kier alpha value is -2.10. The van der Waals surface area contributed by atoms with Crippen molar-refractivity contribution in [3.8, 4) is 0 Å². The predicted molar refractivity (Wildman–Crippen MR) is 73.6 cm³/mol. The maximum atomic E-state index is 13.3. The smallest absolute Gasteiger partial charge is 0.125 e. The first-order chi connectivity index (χ1) is 9.15. The van der Waals surface area contributed by atoms with Gasteiger partial charge >= 0.3 is 0 Å². The van der Waals surface area contributed by atoms with Crippen molar-refractivity contribution in [3.05, 3.63) is 54.5 Å². The summed E-state index contributed by atoms with van der Waals surface area (Å²) >= 11 is 0. The Balaban J connectivity index is 2.01. The van der Waals surface area contributed by atoms with E-state index < -0.39 is 0 Å². The first-order valence-electron chi connectivity index (χ1n) is 6.40. The molecule has 0 bridgehead atoms. The van der Waals surface area contributed by atoms with Gasteiger partial charge in [0.1, 0.15) is 5.82 Å². The van der Waals surface area contributed by atoms with Gasteiger partial charge in [-0.15, -0.1) is 0 Å². The maximum Gasteiger partial charge on any atom is 0.125 e. The minimum atomic E-state index is -0.204. The van der Waals surface area contributed by atoms with Gasteiger partial charge in [0.05, 0.1) is 24.1 Å². The van der Waals surface area contributed by atoms with Gasteiger partial charge in [0.2, 0.25) is 0 Å². The lowest BCUT2D eigenvalue weighted by Gasteiger charge is -2.12. The fraction of sp³-hybridized carbons (Fsp3) is 0.267. The fourth-order valence-corrected chi connectivity index (χ4v) is 2.39. The Morgan fingerprint density at radius 2 is 2.11 bits per heavy atom. The SMILES string of the molecule is CC(C)n1cncc1Cn1ccc2ccc(F)cc21. The van der Waals surface area contributed by atoms with E-state index in [1.54, 1.807) is 12.1 Å². The summed E-state index contributed by atoms with van der Waals surface area (Å²) in [5.74, 6) is -0.204. The quantitative estimate of drug-likeness (QED) is 0.703. The summed E-state index contributed by atoms with van der Waals surface area (Å²) in [5, 5.41) is 1.05. The second kappa shape index (κ2) is 4.53. The monoisotopic (exact) mass is 257 g/mol. The van der Waals surface area contributed by atoms with Crippen molar-refractivity contribution in [2.24, 2.45) is 0 Å². The average molecular weight is 257 g/mol. The van der Waals surface area contributed by atoms with Crippen molar-refractivity contribution < 1.29 is 4.39 Å². The lowest BCUT2D eigenvalue weighted by Crippen LogP contribution is -2.08. The van der Waals surface area contributed by atoms with E-state index in [1.807, 2.05) is 29.4 Å². The molecule has 0 saturated heterocycles. The van der Waals surface area contributed by atoms with E-state index in [1.165, 1.54) is 6.07 Å². The van der Waals surface area contributed by atoms with Crippen molar-refractivity contribution in [2.45, 2.75) is 26.4 Å². The normalized spacial score (nSPS) is 11.6. The number of nitrogens with zero attached hydrogens (tertiary/aromatic N) is 3. The molecular formula is C15H16FN3. The predicted octanol–water partition coefficient (Wildman–Crippen LogP) is 3.61. The number of hydrogen-bond donors (Lipinski definition) is 0. The van der Waals surface area contributed by atoms with Crippen molar-refractivity contribution >= 4 is 10.9 Å². The zero-order valence-corrected chi connectivity index (χ0v) is 11.0. The summed E-state index contributed by atoms with van der Waals surface area (Å²) in [6, 6.07) is 7.25. The molecule has 0 fully saturated rings. The Morgan fingerprint density at radius 3 is 2.89 bits per heavy atom.